The lowest BCUT2D eigenvalue weighted by Crippen LogP contribution is -2.65. The van der Waals surface area contributed by atoms with Gasteiger partial charge in [-0.1, -0.05) is 104 Å². The molecule has 2 heterocycles. The van der Waals surface area contributed by atoms with Gasteiger partial charge < -0.3 is 8.98 Å². The lowest BCUT2D eigenvalue weighted by Gasteiger charge is -2.30. The van der Waals surface area contributed by atoms with Crippen molar-refractivity contribution >= 4 is 57.7 Å². The Balaban J connectivity index is 1.51. The summed E-state index contributed by atoms with van der Waals surface area (Å²) < 4.78 is 9.34. The van der Waals surface area contributed by atoms with Gasteiger partial charge in [0.1, 0.15) is 19.2 Å². The molecule has 0 saturated heterocycles. The minimum atomic E-state index is -2.46. The van der Waals surface area contributed by atoms with Crippen LogP contribution in [0, 0.1) is 0 Å². The van der Waals surface area contributed by atoms with Crippen LogP contribution in [0.4, 0.5) is 0 Å². The molecule has 2 nitrogen and oxygen atoms in total. The highest BCUT2D eigenvalue weighted by Crippen LogP contribution is 2.37. The number of para-hydroxylation sites is 1. The number of rotatable bonds is 4. The molecule has 0 unspecified atom stereocenters. The summed E-state index contributed by atoms with van der Waals surface area (Å²) in [6.45, 7) is 2.49. The van der Waals surface area contributed by atoms with Crippen LogP contribution in [-0.4, -0.2) is 12.6 Å². The van der Waals surface area contributed by atoms with Gasteiger partial charge in [0.2, 0.25) is 0 Å². The third-order valence-corrected chi connectivity index (χ3v) is 13.5. The molecule has 0 aliphatic heterocycles. The van der Waals surface area contributed by atoms with E-state index in [1.165, 1.54) is 54.5 Å². The highest BCUT2D eigenvalue weighted by atomic mass is 28.3. The highest BCUT2D eigenvalue weighted by molar-refractivity contribution is 7.11. The van der Waals surface area contributed by atoms with Gasteiger partial charge in [-0.15, -0.1) is 0 Å². The maximum atomic E-state index is 6.77. The minimum absolute atomic E-state index is 0.952. The van der Waals surface area contributed by atoms with E-state index >= 15 is 0 Å². The molecular weight excluding hydrogens is 502 g/mol. The quantitative estimate of drug-likeness (QED) is 0.171. The van der Waals surface area contributed by atoms with Gasteiger partial charge in [-0.2, -0.15) is 0 Å². The van der Waals surface area contributed by atoms with Gasteiger partial charge in [-0.25, -0.2) is 0 Å². The van der Waals surface area contributed by atoms with Gasteiger partial charge >= 0.3 is 0 Å². The second-order valence-electron chi connectivity index (χ2n) is 11.3. The van der Waals surface area contributed by atoms with Crippen molar-refractivity contribution in [3.05, 3.63) is 132 Å². The highest BCUT2D eigenvalue weighted by Gasteiger charge is 2.38. The molecule has 0 N–H and O–H groups in total. The summed E-state index contributed by atoms with van der Waals surface area (Å²) >= 11 is 0. The Labute approximate surface area is 235 Å². The molecule has 2 aromatic heterocycles. The van der Waals surface area contributed by atoms with Crippen LogP contribution in [-0.2, 0) is 12.8 Å². The first-order chi connectivity index (χ1) is 19.7. The fourth-order valence-corrected chi connectivity index (χ4v) is 10.8. The molecule has 0 spiro atoms. The molecule has 0 amide bonds. The molecule has 4 aromatic carbocycles. The molecule has 40 heavy (non-hydrogen) atoms. The maximum Gasteiger partial charge on any atom is 0.150 e. The molecule has 0 radical (unpaired) electrons. The van der Waals surface area contributed by atoms with Crippen molar-refractivity contribution < 1.29 is 4.42 Å². The fraction of sp³-hybridized carbons (Fsp3) is 0.135. The normalized spacial score (nSPS) is 14.5. The van der Waals surface area contributed by atoms with E-state index in [1.54, 1.807) is 0 Å². The van der Waals surface area contributed by atoms with Crippen molar-refractivity contribution in [2.75, 3.05) is 0 Å². The Kier molecular flexibility index (Phi) is 5.36. The summed E-state index contributed by atoms with van der Waals surface area (Å²) in [7, 11) is -2.46. The summed E-state index contributed by atoms with van der Waals surface area (Å²) in [5.41, 5.74) is 8.96. The van der Waals surface area contributed by atoms with Crippen LogP contribution < -0.4 is 15.6 Å². The first-order valence-corrected chi connectivity index (χ1v) is 16.9. The van der Waals surface area contributed by atoms with Crippen molar-refractivity contribution in [1.82, 2.24) is 4.57 Å². The third-order valence-electron chi connectivity index (χ3n) is 9.09. The zero-order chi connectivity index (χ0) is 26.7. The maximum absolute atomic E-state index is 6.77. The van der Waals surface area contributed by atoms with Crippen LogP contribution in [0.15, 0.2) is 114 Å². The summed E-state index contributed by atoms with van der Waals surface area (Å²) in [6, 6.07) is 35.6. The van der Waals surface area contributed by atoms with E-state index < -0.39 is 8.07 Å². The van der Waals surface area contributed by atoms with Crippen LogP contribution in [0.2, 0.25) is 6.55 Å². The van der Waals surface area contributed by atoms with Crippen LogP contribution in [0.1, 0.15) is 35.4 Å². The smallest absolute Gasteiger partial charge is 0.150 e. The second kappa shape index (κ2) is 9.11. The molecule has 194 valence electrons. The Morgan fingerprint density at radius 3 is 2.15 bits per heavy atom. The van der Waals surface area contributed by atoms with E-state index in [0.29, 0.717) is 0 Å². The molecule has 0 saturated carbocycles. The molecule has 6 aromatic rings. The largest absolute Gasteiger partial charge is 0.456 e. The minimum Gasteiger partial charge on any atom is -0.456 e. The molecule has 0 bridgehead atoms. The molecule has 0 fully saturated rings. The second-order valence-corrected chi connectivity index (χ2v) is 15.2. The van der Waals surface area contributed by atoms with Crippen molar-refractivity contribution in [3.8, 4) is 5.69 Å². The first kappa shape index (κ1) is 23.5. The Bertz CT molecular complexity index is 1920. The van der Waals surface area contributed by atoms with Crippen molar-refractivity contribution in [2.24, 2.45) is 0 Å². The van der Waals surface area contributed by atoms with Crippen LogP contribution in [0.25, 0.3) is 39.8 Å². The number of fused-ring (bicyclic) bond motifs is 6. The zero-order valence-electron chi connectivity index (χ0n) is 22.7. The van der Waals surface area contributed by atoms with E-state index in [1.807, 2.05) is 0 Å². The van der Waals surface area contributed by atoms with E-state index in [0.717, 1.165) is 36.8 Å². The third kappa shape index (κ3) is 3.41. The van der Waals surface area contributed by atoms with E-state index in [9.17, 15) is 0 Å². The number of aromatic nitrogens is 1. The van der Waals surface area contributed by atoms with Gasteiger partial charge in [0, 0.05) is 27.8 Å². The van der Waals surface area contributed by atoms with Gasteiger partial charge in [-0.3, -0.25) is 0 Å². The average molecular weight is 534 g/mol. The van der Waals surface area contributed by atoms with E-state index in [4.69, 9.17) is 4.42 Å². The summed E-state index contributed by atoms with van der Waals surface area (Å²) in [5, 5.41) is 6.49. The molecule has 3 heteroatoms. The monoisotopic (exact) mass is 533 g/mol. The van der Waals surface area contributed by atoms with Gasteiger partial charge in [0.15, 0.2) is 0 Å². The molecule has 0 atom stereocenters. The predicted octanol–water partition coefficient (Wildman–Crippen LogP) is 7.40. The molecular formula is C37H31NOSi. The number of hydrogen-bond donors (Lipinski definition) is 0. The predicted molar refractivity (Wildman–Crippen MR) is 171 cm³/mol. The van der Waals surface area contributed by atoms with Crippen LogP contribution in [0.5, 0.6) is 0 Å². The summed E-state index contributed by atoms with van der Waals surface area (Å²) in [5.74, 6) is 0. The SMILES string of the molecule is C[Si](c1ccccc1)(c1ccccc1)c1cc(-n2c3c(c4c2CCC=C4)CCC=C3)cc2c1oc1ccccc12. The van der Waals surface area contributed by atoms with Crippen LogP contribution in [0.3, 0.4) is 0 Å². The van der Waals surface area contributed by atoms with E-state index in [-0.39, 0.29) is 0 Å². The van der Waals surface area contributed by atoms with Crippen molar-refractivity contribution in [2.45, 2.75) is 32.2 Å². The van der Waals surface area contributed by atoms with Crippen molar-refractivity contribution in [1.29, 1.82) is 0 Å². The number of nitrogens with zero attached hydrogens (tertiary/aromatic N) is 1. The summed E-state index contributed by atoms with van der Waals surface area (Å²) in [4.78, 5) is 0. The summed E-state index contributed by atoms with van der Waals surface area (Å²) in [6.07, 6.45) is 13.8. The Hall–Kier alpha value is -4.34. The van der Waals surface area contributed by atoms with Gasteiger partial charge in [0.25, 0.3) is 0 Å². The first-order valence-electron chi connectivity index (χ1n) is 14.4. The number of benzene rings is 4. The molecule has 2 aliphatic carbocycles. The lowest BCUT2D eigenvalue weighted by atomic mass is 9.96. The molecule has 2 aliphatic rings. The number of hydrogen-bond acceptors (Lipinski definition) is 1. The molecule has 8 rings (SSSR count). The Morgan fingerprint density at radius 1 is 0.700 bits per heavy atom. The number of furan rings is 1. The average Bonchev–Trinajstić information content (AvgIpc) is 3.57. The van der Waals surface area contributed by atoms with Crippen molar-refractivity contribution in [3.63, 3.8) is 0 Å². The lowest BCUT2D eigenvalue weighted by molar-refractivity contribution is 0.671. The zero-order valence-corrected chi connectivity index (χ0v) is 23.7. The topological polar surface area (TPSA) is 18.1 Å². The van der Waals surface area contributed by atoms with Gasteiger partial charge in [-0.05, 0) is 76.6 Å². The Morgan fingerprint density at radius 2 is 1.38 bits per heavy atom. The fourth-order valence-electron chi connectivity index (χ4n) is 7.07. The number of allylic oxidation sites excluding steroid dienone is 2. The standard InChI is InChI=1S/C37H31NOSi/c1-40(27-14-4-2-5-15-27,28-16-6-3-7-17-28)36-25-26(24-32-31-20-10-13-23-35(31)39-37(32)36)38-33-21-11-8-18-29(33)30-19-9-12-22-34(30)38/h2-8,10,12-18,20,22-25H,9,11,19,21H2,1H3. The van der Waals surface area contributed by atoms with E-state index in [2.05, 4.69) is 132 Å². The van der Waals surface area contributed by atoms with Gasteiger partial charge in [0.05, 0.1) is 0 Å². The van der Waals surface area contributed by atoms with Crippen LogP contribution >= 0.6 is 0 Å².